The van der Waals surface area contributed by atoms with Gasteiger partial charge in [0, 0.05) is 30.8 Å². The number of hydrogen-bond donors (Lipinski definition) is 1. The van der Waals surface area contributed by atoms with Crippen LogP contribution >= 0.6 is 0 Å². The van der Waals surface area contributed by atoms with Gasteiger partial charge >= 0.3 is 6.18 Å². The van der Waals surface area contributed by atoms with E-state index < -0.39 is 11.7 Å². The Morgan fingerprint density at radius 3 is 2.61 bits per heavy atom. The molecular formula is C16H15F3N2O2. The first kappa shape index (κ1) is 15.7. The lowest BCUT2D eigenvalue weighted by Crippen LogP contribution is -2.19. The van der Waals surface area contributed by atoms with Crippen LogP contribution in [0.2, 0.25) is 0 Å². The van der Waals surface area contributed by atoms with Crippen LogP contribution in [0, 0.1) is 0 Å². The monoisotopic (exact) mass is 324 g/mol. The maximum absolute atomic E-state index is 12.8. The van der Waals surface area contributed by atoms with E-state index in [1.54, 1.807) is 0 Å². The molecule has 0 spiro atoms. The average molecular weight is 324 g/mol. The maximum Gasteiger partial charge on any atom is 0.416 e. The average Bonchev–Trinajstić information content (AvgIpc) is 2.54. The van der Waals surface area contributed by atoms with Crippen molar-refractivity contribution in [3.8, 4) is 11.4 Å². The fourth-order valence-corrected chi connectivity index (χ4v) is 2.66. The minimum absolute atomic E-state index is 0.0931. The Morgan fingerprint density at radius 2 is 1.91 bits per heavy atom. The zero-order chi connectivity index (χ0) is 16.4. The van der Waals surface area contributed by atoms with Crippen molar-refractivity contribution in [2.75, 3.05) is 13.2 Å². The second-order valence-corrected chi connectivity index (χ2v) is 5.48. The topological polar surface area (TPSA) is 55.0 Å². The van der Waals surface area contributed by atoms with Crippen molar-refractivity contribution < 1.29 is 17.9 Å². The van der Waals surface area contributed by atoms with Crippen LogP contribution in [0.3, 0.4) is 0 Å². The molecule has 0 atom stereocenters. The highest BCUT2D eigenvalue weighted by molar-refractivity contribution is 5.56. The summed E-state index contributed by atoms with van der Waals surface area (Å²) in [5, 5.41) is 0. The second-order valence-electron chi connectivity index (χ2n) is 5.48. The molecule has 0 bridgehead atoms. The minimum atomic E-state index is -4.44. The molecule has 1 saturated heterocycles. The highest BCUT2D eigenvalue weighted by atomic mass is 19.4. The zero-order valence-corrected chi connectivity index (χ0v) is 12.2. The summed E-state index contributed by atoms with van der Waals surface area (Å²) in [6.07, 6.45) is -2.94. The summed E-state index contributed by atoms with van der Waals surface area (Å²) in [7, 11) is 0. The Bertz CT molecular complexity index is 749. The van der Waals surface area contributed by atoms with E-state index in [1.165, 1.54) is 18.2 Å². The molecule has 1 aliphatic heterocycles. The van der Waals surface area contributed by atoms with Crippen molar-refractivity contribution in [3.63, 3.8) is 0 Å². The van der Waals surface area contributed by atoms with Crippen LogP contribution in [0.25, 0.3) is 11.4 Å². The first-order valence-corrected chi connectivity index (χ1v) is 7.30. The van der Waals surface area contributed by atoms with Gasteiger partial charge in [-0.25, -0.2) is 4.98 Å². The fourth-order valence-electron chi connectivity index (χ4n) is 2.66. The van der Waals surface area contributed by atoms with Gasteiger partial charge in [0.15, 0.2) is 0 Å². The Morgan fingerprint density at radius 1 is 1.17 bits per heavy atom. The quantitative estimate of drug-likeness (QED) is 0.922. The van der Waals surface area contributed by atoms with Gasteiger partial charge in [-0.05, 0) is 25.0 Å². The Hall–Kier alpha value is -2.15. The molecule has 0 saturated carbocycles. The number of alkyl halides is 3. The molecule has 122 valence electrons. The summed E-state index contributed by atoms with van der Waals surface area (Å²) in [6.45, 7) is 1.19. The van der Waals surface area contributed by atoms with Crippen molar-refractivity contribution in [2.24, 2.45) is 0 Å². The largest absolute Gasteiger partial charge is 0.416 e. The molecule has 3 rings (SSSR count). The van der Waals surface area contributed by atoms with Gasteiger partial charge in [-0.15, -0.1) is 0 Å². The van der Waals surface area contributed by atoms with Gasteiger partial charge in [0.05, 0.1) is 11.3 Å². The number of aromatic amines is 1. The molecule has 1 fully saturated rings. The highest BCUT2D eigenvalue weighted by Crippen LogP contribution is 2.32. The number of ether oxygens (including phenoxy) is 1. The zero-order valence-electron chi connectivity index (χ0n) is 12.2. The second kappa shape index (κ2) is 6.16. The SMILES string of the molecule is O=c1cc(C2CCOCC2)nc(-c2cccc(C(F)(F)F)c2)[nH]1. The summed E-state index contributed by atoms with van der Waals surface area (Å²) in [5.41, 5.74) is -0.293. The number of benzene rings is 1. The highest BCUT2D eigenvalue weighted by Gasteiger charge is 2.30. The van der Waals surface area contributed by atoms with E-state index >= 15 is 0 Å². The van der Waals surface area contributed by atoms with E-state index in [2.05, 4.69) is 9.97 Å². The number of aromatic nitrogens is 2. The van der Waals surface area contributed by atoms with Gasteiger partial charge < -0.3 is 9.72 Å². The van der Waals surface area contributed by atoms with Crippen molar-refractivity contribution in [1.29, 1.82) is 0 Å². The van der Waals surface area contributed by atoms with Crippen LogP contribution in [-0.4, -0.2) is 23.2 Å². The number of halogens is 3. The van der Waals surface area contributed by atoms with E-state index in [4.69, 9.17) is 4.74 Å². The predicted molar refractivity (Wildman–Crippen MR) is 78.1 cm³/mol. The smallest absolute Gasteiger partial charge is 0.381 e. The van der Waals surface area contributed by atoms with Crippen LogP contribution in [0.5, 0.6) is 0 Å². The number of rotatable bonds is 2. The molecule has 2 heterocycles. The van der Waals surface area contributed by atoms with E-state index in [1.807, 2.05) is 0 Å². The van der Waals surface area contributed by atoms with Gasteiger partial charge in [0.25, 0.3) is 5.56 Å². The molecule has 0 aliphatic carbocycles. The van der Waals surface area contributed by atoms with Crippen molar-refractivity contribution >= 4 is 0 Å². The van der Waals surface area contributed by atoms with Gasteiger partial charge in [-0.3, -0.25) is 4.79 Å². The lowest BCUT2D eigenvalue weighted by molar-refractivity contribution is -0.137. The van der Waals surface area contributed by atoms with E-state index in [0.29, 0.717) is 18.9 Å². The van der Waals surface area contributed by atoms with Gasteiger partial charge in [-0.1, -0.05) is 12.1 Å². The normalized spacial score (nSPS) is 16.5. The van der Waals surface area contributed by atoms with Crippen LogP contribution in [-0.2, 0) is 10.9 Å². The third kappa shape index (κ3) is 3.61. The van der Waals surface area contributed by atoms with Gasteiger partial charge in [-0.2, -0.15) is 13.2 Å². The molecule has 0 unspecified atom stereocenters. The van der Waals surface area contributed by atoms with Crippen LogP contribution in [0.15, 0.2) is 35.1 Å². The van der Waals surface area contributed by atoms with Crippen molar-refractivity contribution in [1.82, 2.24) is 9.97 Å². The Balaban J connectivity index is 2.00. The Kier molecular flexibility index (Phi) is 4.21. The summed E-state index contributed by atoms with van der Waals surface area (Å²) >= 11 is 0. The lowest BCUT2D eigenvalue weighted by atomic mass is 9.96. The first-order valence-electron chi connectivity index (χ1n) is 7.30. The molecule has 23 heavy (non-hydrogen) atoms. The maximum atomic E-state index is 12.8. The molecular weight excluding hydrogens is 309 g/mol. The predicted octanol–water partition coefficient (Wildman–Crippen LogP) is 3.35. The number of nitrogens with one attached hydrogen (secondary N) is 1. The van der Waals surface area contributed by atoms with Crippen LogP contribution in [0.1, 0.15) is 30.0 Å². The lowest BCUT2D eigenvalue weighted by Gasteiger charge is -2.21. The third-order valence-corrected chi connectivity index (χ3v) is 3.86. The minimum Gasteiger partial charge on any atom is -0.381 e. The molecule has 1 aromatic carbocycles. The fraction of sp³-hybridized carbons (Fsp3) is 0.375. The molecule has 0 radical (unpaired) electrons. The Labute approximate surface area is 130 Å². The van der Waals surface area contributed by atoms with Crippen LogP contribution < -0.4 is 5.56 Å². The first-order chi connectivity index (χ1) is 10.9. The molecule has 2 aromatic rings. The number of nitrogens with zero attached hydrogens (tertiary/aromatic N) is 1. The van der Waals surface area contributed by atoms with Gasteiger partial charge in [0.1, 0.15) is 5.82 Å². The third-order valence-electron chi connectivity index (χ3n) is 3.86. The van der Waals surface area contributed by atoms with Crippen LogP contribution in [0.4, 0.5) is 13.2 Å². The molecule has 0 amide bonds. The molecule has 1 N–H and O–H groups in total. The van der Waals surface area contributed by atoms with E-state index in [0.717, 1.165) is 25.0 Å². The number of hydrogen-bond acceptors (Lipinski definition) is 3. The van der Waals surface area contributed by atoms with E-state index in [-0.39, 0.29) is 22.9 Å². The molecule has 4 nitrogen and oxygen atoms in total. The summed E-state index contributed by atoms with van der Waals surface area (Å²) in [5.74, 6) is 0.251. The molecule has 1 aromatic heterocycles. The van der Waals surface area contributed by atoms with E-state index in [9.17, 15) is 18.0 Å². The standard InChI is InChI=1S/C16H15F3N2O2/c17-16(18,19)12-3-1-2-11(8-12)15-20-13(9-14(22)21-15)10-4-6-23-7-5-10/h1-3,8-10H,4-7H2,(H,20,21,22). The molecule has 1 aliphatic rings. The summed E-state index contributed by atoms with van der Waals surface area (Å²) in [4.78, 5) is 18.7. The van der Waals surface area contributed by atoms with Crippen molar-refractivity contribution in [2.45, 2.75) is 24.9 Å². The number of H-pyrrole nitrogens is 1. The summed E-state index contributed by atoms with van der Waals surface area (Å²) in [6, 6.07) is 6.20. The summed E-state index contributed by atoms with van der Waals surface area (Å²) < 4.78 is 43.8. The molecule has 7 heteroatoms. The van der Waals surface area contributed by atoms with Crippen molar-refractivity contribution in [3.05, 3.63) is 51.9 Å². The van der Waals surface area contributed by atoms with Gasteiger partial charge in [0.2, 0.25) is 0 Å².